The number of hydrogen-bond acceptors (Lipinski definition) is 3. The fourth-order valence-electron chi connectivity index (χ4n) is 5.27. The van der Waals surface area contributed by atoms with Gasteiger partial charge < -0.3 is 10.4 Å². The van der Waals surface area contributed by atoms with Crippen molar-refractivity contribution < 1.29 is 5.11 Å². The first-order chi connectivity index (χ1) is 15.0. The van der Waals surface area contributed by atoms with Crippen molar-refractivity contribution in [1.29, 1.82) is 0 Å². The summed E-state index contributed by atoms with van der Waals surface area (Å²) in [5.41, 5.74) is 9.13. The Morgan fingerprint density at radius 2 is 1.94 bits per heavy atom. The lowest BCUT2D eigenvalue weighted by atomic mass is 9.88. The number of nitrogens with one attached hydrogen (secondary N) is 1. The largest absolute Gasteiger partial charge is 0.387 e. The minimum Gasteiger partial charge on any atom is -0.387 e. The number of aromatic nitrogens is 1. The molecule has 0 radical (unpaired) electrons. The highest BCUT2D eigenvalue weighted by atomic mass is 35.5. The van der Waals surface area contributed by atoms with Gasteiger partial charge in [0.05, 0.1) is 17.3 Å². The lowest BCUT2D eigenvalue weighted by Crippen LogP contribution is -2.39. The summed E-state index contributed by atoms with van der Waals surface area (Å²) in [4.78, 5) is 5.15. The zero-order valence-electron chi connectivity index (χ0n) is 18.2. The second-order valence-electron chi connectivity index (χ2n) is 9.05. The average Bonchev–Trinajstić information content (AvgIpc) is 3.16. The average molecular weight is 433 g/mol. The maximum Gasteiger partial charge on any atom is 0.0952 e. The monoisotopic (exact) mass is 432 g/mol. The third-order valence-electron chi connectivity index (χ3n) is 6.75. The van der Waals surface area contributed by atoms with E-state index in [1.807, 2.05) is 24.3 Å². The van der Waals surface area contributed by atoms with Crippen LogP contribution < -0.4 is 5.32 Å². The van der Waals surface area contributed by atoms with Crippen LogP contribution in [0.1, 0.15) is 65.3 Å². The van der Waals surface area contributed by atoms with Gasteiger partial charge in [-0.1, -0.05) is 41.8 Å². The summed E-state index contributed by atoms with van der Waals surface area (Å²) in [6.45, 7) is 5.23. The Hall–Kier alpha value is -2.20. The van der Waals surface area contributed by atoms with E-state index in [-0.39, 0.29) is 6.04 Å². The molecular weight excluding hydrogens is 404 g/mol. The molecule has 1 aromatic heterocycles. The summed E-state index contributed by atoms with van der Waals surface area (Å²) < 4.78 is 0. The molecule has 2 atom stereocenters. The Bertz CT molecular complexity index is 1160. The van der Waals surface area contributed by atoms with Crippen molar-refractivity contribution in [3.8, 4) is 0 Å². The molecule has 1 fully saturated rings. The molecule has 1 aliphatic heterocycles. The summed E-state index contributed by atoms with van der Waals surface area (Å²) in [6.07, 6.45) is 6.93. The van der Waals surface area contributed by atoms with Gasteiger partial charge in [-0.15, -0.1) is 0 Å². The zero-order valence-corrected chi connectivity index (χ0v) is 19.0. The number of hydrogen-bond donors (Lipinski definition) is 2. The van der Waals surface area contributed by atoms with Crippen molar-refractivity contribution in [2.45, 2.75) is 58.1 Å². The Kier molecular flexibility index (Phi) is 5.60. The van der Waals surface area contributed by atoms with E-state index in [1.165, 1.54) is 35.1 Å². The van der Waals surface area contributed by atoms with Gasteiger partial charge in [0.1, 0.15) is 0 Å². The molecular formula is C27H29ClN2O. The lowest BCUT2D eigenvalue weighted by Gasteiger charge is -2.30. The molecule has 2 unspecified atom stereocenters. The molecule has 2 aliphatic rings. The molecule has 0 spiro atoms. The highest BCUT2D eigenvalue weighted by molar-refractivity contribution is 6.30. The van der Waals surface area contributed by atoms with Crippen LogP contribution in [-0.2, 0) is 6.42 Å². The van der Waals surface area contributed by atoms with E-state index in [0.29, 0.717) is 0 Å². The molecule has 1 saturated heterocycles. The zero-order chi connectivity index (χ0) is 21.5. The van der Waals surface area contributed by atoms with Gasteiger partial charge in [0.2, 0.25) is 0 Å². The first-order valence-corrected chi connectivity index (χ1v) is 11.7. The van der Waals surface area contributed by atoms with Crippen molar-refractivity contribution >= 4 is 34.2 Å². The molecule has 3 nitrogen and oxygen atoms in total. The summed E-state index contributed by atoms with van der Waals surface area (Å²) >= 11 is 6.07. The molecule has 0 amide bonds. The Labute approximate surface area is 189 Å². The number of halogens is 1. The highest BCUT2D eigenvalue weighted by Gasteiger charge is 2.31. The molecule has 31 heavy (non-hydrogen) atoms. The molecule has 4 heteroatoms. The van der Waals surface area contributed by atoms with Gasteiger partial charge >= 0.3 is 0 Å². The molecule has 0 bridgehead atoms. The van der Waals surface area contributed by atoms with Crippen LogP contribution in [0.25, 0.3) is 22.6 Å². The molecule has 2 heterocycles. The predicted octanol–water partition coefficient (Wildman–Crippen LogP) is 6.17. The lowest BCUT2D eigenvalue weighted by molar-refractivity contribution is 0.114. The van der Waals surface area contributed by atoms with Crippen LogP contribution >= 0.6 is 11.6 Å². The van der Waals surface area contributed by atoms with Gasteiger partial charge in [-0.25, -0.2) is 4.98 Å². The van der Waals surface area contributed by atoms with Gasteiger partial charge in [-0.05, 0) is 98.2 Å². The Morgan fingerprint density at radius 1 is 1.13 bits per heavy atom. The number of piperidine rings is 1. The molecule has 3 aromatic rings. The number of aryl methyl sites for hydroxylation is 2. The van der Waals surface area contributed by atoms with Crippen LogP contribution in [0.15, 0.2) is 36.4 Å². The summed E-state index contributed by atoms with van der Waals surface area (Å²) in [7, 11) is 0. The van der Waals surface area contributed by atoms with E-state index < -0.39 is 6.10 Å². The van der Waals surface area contributed by atoms with Crippen molar-refractivity contribution in [2.24, 2.45) is 0 Å². The summed E-state index contributed by atoms with van der Waals surface area (Å²) in [6, 6.07) is 12.4. The normalized spacial score (nSPS) is 20.9. The van der Waals surface area contributed by atoms with Crippen LogP contribution in [0, 0.1) is 13.8 Å². The standard InChI is InChI=1S/C27H29ClN2O/c1-16-13-17(2)25-22(14-16)24(27(31)23-5-3-4-12-29-23)21-11-8-19(26(21)30-25)15-18-6-9-20(28)10-7-18/h6-7,9-10,13-15,23,27,29,31H,3-5,8,11-12H2,1-2H3/b19-15+. The fourth-order valence-corrected chi connectivity index (χ4v) is 5.39. The summed E-state index contributed by atoms with van der Waals surface area (Å²) in [5, 5.41) is 17.0. The van der Waals surface area contributed by atoms with Crippen LogP contribution in [-0.4, -0.2) is 22.7 Å². The minimum atomic E-state index is -0.518. The maximum atomic E-state index is 11.6. The fraction of sp³-hybridized carbons (Fsp3) is 0.370. The van der Waals surface area contributed by atoms with Crippen molar-refractivity contribution in [2.75, 3.05) is 6.54 Å². The molecule has 2 aromatic carbocycles. The van der Waals surface area contributed by atoms with E-state index in [2.05, 4.69) is 37.4 Å². The van der Waals surface area contributed by atoms with Crippen LogP contribution in [0.4, 0.5) is 0 Å². The first-order valence-electron chi connectivity index (χ1n) is 11.3. The molecule has 1 aliphatic carbocycles. The number of aliphatic hydroxyl groups is 1. The number of fused-ring (bicyclic) bond motifs is 2. The Balaban J connectivity index is 1.69. The first kappa shape index (κ1) is 20.7. The highest BCUT2D eigenvalue weighted by Crippen LogP contribution is 2.42. The number of rotatable bonds is 3. The van der Waals surface area contributed by atoms with E-state index >= 15 is 0 Å². The van der Waals surface area contributed by atoms with Crippen LogP contribution in [0.5, 0.6) is 0 Å². The molecule has 2 N–H and O–H groups in total. The van der Waals surface area contributed by atoms with Crippen molar-refractivity contribution in [3.05, 3.63) is 74.9 Å². The van der Waals surface area contributed by atoms with Gasteiger partial charge in [0, 0.05) is 16.5 Å². The second kappa shape index (κ2) is 8.38. The third kappa shape index (κ3) is 3.91. The SMILES string of the molecule is Cc1cc(C)c2nc3c(c(C(O)C4CCCCN4)c2c1)CC/C3=C\c1ccc(Cl)cc1. The topological polar surface area (TPSA) is 45.2 Å². The number of benzene rings is 2. The summed E-state index contributed by atoms with van der Waals surface area (Å²) in [5.74, 6) is 0. The molecule has 160 valence electrons. The van der Waals surface area contributed by atoms with Gasteiger partial charge in [0.25, 0.3) is 0 Å². The van der Waals surface area contributed by atoms with Crippen molar-refractivity contribution in [3.63, 3.8) is 0 Å². The van der Waals surface area contributed by atoms with Crippen LogP contribution in [0.3, 0.4) is 0 Å². The third-order valence-corrected chi connectivity index (χ3v) is 7.01. The smallest absolute Gasteiger partial charge is 0.0952 e. The van der Waals surface area contributed by atoms with E-state index in [9.17, 15) is 5.11 Å². The van der Waals surface area contributed by atoms with Gasteiger partial charge in [0.15, 0.2) is 0 Å². The number of nitrogens with zero attached hydrogens (tertiary/aromatic N) is 1. The molecule has 5 rings (SSSR count). The number of pyridine rings is 1. The quantitative estimate of drug-likeness (QED) is 0.520. The van der Waals surface area contributed by atoms with Gasteiger partial charge in [-0.3, -0.25) is 0 Å². The number of allylic oxidation sites excluding steroid dienone is 1. The maximum absolute atomic E-state index is 11.6. The van der Waals surface area contributed by atoms with Crippen molar-refractivity contribution in [1.82, 2.24) is 10.3 Å². The number of aliphatic hydroxyl groups excluding tert-OH is 1. The minimum absolute atomic E-state index is 0.105. The van der Waals surface area contributed by atoms with Gasteiger partial charge in [-0.2, -0.15) is 0 Å². The van der Waals surface area contributed by atoms with E-state index in [4.69, 9.17) is 16.6 Å². The van der Waals surface area contributed by atoms with E-state index in [1.54, 1.807) is 0 Å². The Morgan fingerprint density at radius 3 is 2.68 bits per heavy atom. The molecule has 0 saturated carbocycles. The second-order valence-corrected chi connectivity index (χ2v) is 9.49. The van der Waals surface area contributed by atoms with Crippen LogP contribution in [0.2, 0.25) is 5.02 Å². The van der Waals surface area contributed by atoms with E-state index in [0.717, 1.165) is 58.6 Å². The predicted molar refractivity (Wildman–Crippen MR) is 129 cm³/mol.